The van der Waals surface area contributed by atoms with Crippen molar-refractivity contribution in [1.82, 2.24) is 0 Å². The van der Waals surface area contributed by atoms with Crippen LogP contribution in [-0.4, -0.2) is 5.33 Å². The van der Waals surface area contributed by atoms with Crippen LogP contribution in [0.4, 0.5) is 0 Å². The van der Waals surface area contributed by atoms with E-state index >= 15 is 0 Å². The van der Waals surface area contributed by atoms with Crippen LogP contribution in [0.15, 0.2) is 0 Å². The quantitative estimate of drug-likeness (QED) is 0.549. The number of alkyl halides is 1. The van der Waals surface area contributed by atoms with Gasteiger partial charge in [-0.15, -0.1) is 0 Å². The topological polar surface area (TPSA) is 0 Å². The summed E-state index contributed by atoms with van der Waals surface area (Å²) in [5.74, 6) is 0. The summed E-state index contributed by atoms with van der Waals surface area (Å²) >= 11 is 3.49. The van der Waals surface area contributed by atoms with Crippen LogP contribution in [0, 0.1) is 5.41 Å². The first-order valence-corrected chi connectivity index (χ1v) is 4.01. The minimum Gasteiger partial charge on any atom is -0.0922 e. The van der Waals surface area contributed by atoms with E-state index in [-0.39, 0.29) is 0 Å². The molecule has 0 aromatic carbocycles. The van der Waals surface area contributed by atoms with Gasteiger partial charge in [0, 0.05) is 5.33 Å². The maximum Gasteiger partial charge on any atom is 0.00878 e. The fourth-order valence-corrected chi connectivity index (χ4v) is 1.72. The van der Waals surface area contributed by atoms with Crippen LogP contribution in [0.1, 0.15) is 26.2 Å². The molecule has 0 aromatic heterocycles. The first kappa shape index (κ1) is 5.61. The van der Waals surface area contributed by atoms with E-state index in [1.54, 1.807) is 0 Å². The Hall–Kier alpha value is 0.480. The van der Waals surface area contributed by atoms with Gasteiger partial charge in [-0.2, -0.15) is 0 Å². The summed E-state index contributed by atoms with van der Waals surface area (Å²) in [5.41, 5.74) is 0.750. The molecule has 1 aliphatic carbocycles. The third-order valence-corrected chi connectivity index (χ3v) is 3.18. The fraction of sp³-hybridized carbons (Fsp3) is 1.00. The lowest BCUT2D eigenvalue weighted by molar-refractivity contribution is 0.566. The number of hydrogen-bond acceptors (Lipinski definition) is 0. The summed E-state index contributed by atoms with van der Waals surface area (Å²) in [5, 5.41) is 1.22. The maximum atomic E-state index is 3.49. The molecule has 1 aliphatic rings. The van der Waals surface area contributed by atoms with Gasteiger partial charge in [-0.05, 0) is 24.7 Å². The van der Waals surface area contributed by atoms with Crippen LogP contribution in [0.25, 0.3) is 0 Å². The van der Waals surface area contributed by atoms with E-state index in [1.165, 1.54) is 24.6 Å². The van der Waals surface area contributed by atoms with Crippen molar-refractivity contribution in [2.45, 2.75) is 26.2 Å². The smallest absolute Gasteiger partial charge is 0.00878 e. The molecule has 42 valence electrons. The second kappa shape index (κ2) is 1.77. The predicted octanol–water partition coefficient (Wildman–Crippen LogP) is 2.57. The summed E-state index contributed by atoms with van der Waals surface area (Å²) in [7, 11) is 0. The normalized spacial score (nSPS) is 24.9. The second-order valence-corrected chi connectivity index (χ2v) is 3.05. The standard InChI is InChI=1S/C6H11Br/c1-2-6(5-7)3-4-6/h2-5H2,1H3. The van der Waals surface area contributed by atoms with E-state index < -0.39 is 0 Å². The van der Waals surface area contributed by atoms with Gasteiger partial charge in [-0.25, -0.2) is 0 Å². The van der Waals surface area contributed by atoms with Crippen molar-refractivity contribution in [3.8, 4) is 0 Å². The number of halogens is 1. The maximum absolute atomic E-state index is 3.49. The summed E-state index contributed by atoms with van der Waals surface area (Å²) in [6.07, 6.45) is 4.27. The molecule has 7 heavy (non-hydrogen) atoms. The molecular weight excluding hydrogens is 152 g/mol. The van der Waals surface area contributed by atoms with Crippen molar-refractivity contribution in [3.63, 3.8) is 0 Å². The molecule has 0 atom stereocenters. The van der Waals surface area contributed by atoms with Gasteiger partial charge in [0.15, 0.2) is 0 Å². The van der Waals surface area contributed by atoms with Gasteiger partial charge < -0.3 is 0 Å². The average Bonchev–Trinajstić information content (AvgIpc) is 2.46. The Balaban J connectivity index is 2.28. The molecule has 1 heteroatoms. The van der Waals surface area contributed by atoms with Crippen molar-refractivity contribution in [3.05, 3.63) is 0 Å². The van der Waals surface area contributed by atoms with E-state index in [9.17, 15) is 0 Å². The van der Waals surface area contributed by atoms with E-state index in [0.29, 0.717) is 0 Å². The molecule has 0 heterocycles. The molecule has 0 amide bonds. The highest BCUT2D eigenvalue weighted by atomic mass is 79.9. The Bertz CT molecular complexity index is 58.6. The molecule has 1 saturated carbocycles. The van der Waals surface area contributed by atoms with Crippen LogP contribution in [-0.2, 0) is 0 Å². The third kappa shape index (κ3) is 0.987. The van der Waals surface area contributed by atoms with Crippen molar-refractivity contribution >= 4 is 15.9 Å². The SMILES string of the molecule is CCC1(CBr)CC1. The zero-order chi connectivity index (χ0) is 5.33. The van der Waals surface area contributed by atoms with E-state index in [0.717, 1.165) is 5.41 Å². The van der Waals surface area contributed by atoms with Gasteiger partial charge in [0.05, 0.1) is 0 Å². The Morgan fingerprint density at radius 3 is 2.14 bits per heavy atom. The summed E-state index contributed by atoms with van der Waals surface area (Å²) in [6.45, 7) is 2.27. The van der Waals surface area contributed by atoms with E-state index in [2.05, 4.69) is 22.9 Å². The average molecular weight is 163 g/mol. The second-order valence-electron chi connectivity index (χ2n) is 2.49. The molecule has 0 spiro atoms. The lowest BCUT2D eigenvalue weighted by atomic mass is 10.1. The molecule has 1 rings (SSSR count). The highest BCUT2D eigenvalue weighted by molar-refractivity contribution is 9.09. The van der Waals surface area contributed by atoms with Gasteiger partial charge in [-0.3, -0.25) is 0 Å². The molecule has 0 N–H and O–H groups in total. The monoisotopic (exact) mass is 162 g/mol. The first-order valence-electron chi connectivity index (χ1n) is 2.89. The third-order valence-electron chi connectivity index (χ3n) is 1.99. The van der Waals surface area contributed by atoms with Crippen LogP contribution >= 0.6 is 15.9 Å². The van der Waals surface area contributed by atoms with Gasteiger partial charge in [0.2, 0.25) is 0 Å². The minimum absolute atomic E-state index is 0.750. The van der Waals surface area contributed by atoms with Crippen LogP contribution in [0.5, 0.6) is 0 Å². The fourth-order valence-electron chi connectivity index (χ4n) is 0.758. The molecule has 0 unspecified atom stereocenters. The lowest BCUT2D eigenvalue weighted by Crippen LogP contribution is -1.96. The van der Waals surface area contributed by atoms with Gasteiger partial charge in [0.25, 0.3) is 0 Å². The molecule has 0 radical (unpaired) electrons. The first-order chi connectivity index (χ1) is 3.33. The minimum atomic E-state index is 0.750. The van der Waals surface area contributed by atoms with Gasteiger partial charge >= 0.3 is 0 Å². The molecule has 0 saturated heterocycles. The van der Waals surface area contributed by atoms with Crippen LogP contribution in [0.3, 0.4) is 0 Å². The van der Waals surface area contributed by atoms with E-state index in [1.807, 2.05) is 0 Å². The van der Waals surface area contributed by atoms with Crippen molar-refractivity contribution in [1.29, 1.82) is 0 Å². The Kier molecular flexibility index (Phi) is 1.42. The van der Waals surface area contributed by atoms with Gasteiger partial charge in [-0.1, -0.05) is 22.9 Å². The summed E-state index contributed by atoms with van der Waals surface area (Å²) < 4.78 is 0. The molecule has 0 aromatic rings. The zero-order valence-corrected chi connectivity index (χ0v) is 6.29. The lowest BCUT2D eigenvalue weighted by Gasteiger charge is -2.03. The van der Waals surface area contributed by atoms with Crippen LogP contribution in [0.2, 0.25) is 0 Å². The largest absolute Gasteiger partial charge is 0.0922 e. The molecule has 0 bridgehead atoms. The van der Waals surface area contributed by atoms with Crippen LogP contribution < -0.4 is 0 Å². The number of rotatable bonds is 2. The summed E-state index contributed by atoms with van der Waals surface area (Å²) in [4.78, 5) is 0. The molecule has 0 aliphatic heterocycles. The van der Waals surface area contributed by atoms with Gasteiger partial charge in [0.1, 0.15) is 0 Å². The van der Waals surface area contributed by atoms with E-state index in [4.69, 9.17) is 0 Å². The molecule has 0 nitrogen and oxygen atoms in total. The Labute approximate surface area is 53.4 Å². The van der Waals surface area contributed by atoms with Crippen molar-refractivity contribution in [2.24, 2.45) is 5.41 Å². The van der Waals surface area contributed by atoms with Crippen molar-refractivity contribution in [2.75, 3.05) is 5.33 Å². The Morgan fingerprint density at radius 1 is 1.57 bits per heavy atom. The highest BCUT2D eigenvalue weighted by Gasteiger charge is 2.38. The summed E-state index contributed by atoms with van der Waals surface area (Å²) in [6, 6.07) is 0. The molecule has 1 fully saturated rings. The molecular formula is C6H11Br. The highest BCUT2D eigenvalue weighted by Crippen LogP contribution is 2.49. The Morgan fingerprint density at radius 2 is 2.14 bits per heavy atom. The van der Waals surface area contributed by atoms with Crippen molar-refractivity contribution < 1.29 is 0 Å². The number of hydrogen-bond donors (Lipinski definition) is 0. The zero-order valence-electron chi connectivity index (χ0n) is 4.71. The predicted molar refractivity (Wildman–Crippen MR) is 35.8 cm³/mol.